The van der Waals surface area contributed by atoms with Crippen LogP contribution in [0.5, 0.6) is 0 Å². The van der Waals surface area contributed by atoms with Crippen LogP contribution in [0.1, 0.15) is 51.0 Å². The topological polar surface area (TPSA) is 86.8 Å². The van der Waals surface area contributed by atoms with Crippen LogP contribution in [-0.4, -0.2) is 43.8 Å². The third-order valence-electron chi connectivity index (χ3n) is 7.26. The molecular weight excluding hydrogens is 546 g/mol. The zero-order valence-electron chi connectivity index (χ0n) is 22.7. The van der Waals surface area contributed by atoms with Crippen LogP contribution in [0.25, 0.3) is 0 Å². The summed E-state index contributed by atoms with van der Waals surface area (Å²) in [6.45, 7) is 1.59. The average molecular weight is 582 g/mol. The molecule has 1 unspecified atom stereocenters. The molecule has 212 valence electrons. The monoisotopic (exact) mass is 581 g/mol. The molecule has 0 radical (unpaired) electrons. The highest BCUT2D eigenvalue weighted by molar-refractivity contribution is 7.92. The van der Waals surface area contributed by atoms with Crippen LogP contribution >= 0.6 is 11.6 Å². The number of benzene rings is 3. The van der Waals surface area contributed by atoms with Gasteiger partial charge in [-0.25, -0.2) is 8.42 Å². The van der Waals surface area contributed by atoms with Crippen molar-refractivity contribution in [2.75, 3.05) is 10.8 Å². The zero-order chi connectivity index (χ0) is 28.5. The summed E-state index contributed by atoms with van der Waals surface area (Å²) in [6.07, 6.45) is 5.56. The highest BCUT2D eigenvalue weighted by Gasteiger charge is 2.34. The lowest BCUT2D eigenvalue weighted by Crippen LogP contribution is -2.54. The molecule has 0 aromatic heterocycles. The van der Waals surface area contributed by atoms with Gasteiger partial charge in [0, 0.05) is 17.6 Å². The van der Waals surface area contributed by atoms with E-state index in [2.05, 4.69) is 5.32 Å². The van der Waals surface area contributed by atoms with Crippen molar-refractivity contribution in [2.45, 2.75) is 69.0 Å². The SMILES string of the molecule is CCC(C(=O)NC1CCCCC1)N(Cc1ccccc1)C(=O)CN(c1ccccc1)S(=O)(=O)c1ccc(Cl)cc1. The van der Waals surface area contributed by atoms with E-state index < -0.39 is 28.5 Å². The number of rotatable bonds is 11. The lowest BCUT2D eigenvalue weighted by atomic mass is 9.95. The minimum absolute atomic E-state index is 0.0187. The van der Waals surface area contributed by atoms with Gasteiger partial charge in [-0.15, -0.1) is 0 Å². The molecular formula is C31H36ClN3O4S. The van der Waals surface area contributed by atoms with Crippen LogP contribution in [-0.2, 0) is 26.2 Å². The van der Waals surface area contributed by atoms with Gasteiger partial charge in [0.15, 0.2) is 0 Å². The van der Waals surface area contributed by atoms with Gasteiger partial charge in [-0.1, -0.05) is 86.3 Å². The third kappa shape index (κ3) is 7.43. The van der Waals surface area contributed by atoms with Crippen molar-refractivity contribution >= 4 is 39.1 Å². The normalized spacial score (nSPS) is 14.8. The molecule has 3 aromatic rings. The smallest absolute Gasteiger partial charge is 0.264 e. The largest absolute Gasteiger partial charge is 0.352 e. The summed E-state index contributed by atoms with van der Waals surface area (Å²) in [4.78, 5) is 29.1. The minimum Gasteiger partial charge on any atom is -0.352 e. The van der Waals surface area contributed by atoms with E-state index in [1.54, 1.807) is 30.3 Å². The van der Waals surface area contributed by atoms with Gasteiger partial charge in [-0.3, -0.25) is 13.9 Å². The maximum absolute atomic E-state index is 14.1. The number of para-hydroxylation sites is 1. The first-order chi connectivity index (χ1) is 19.3. The number of hydrogen-bond donors (Lipinski definition) is 1. The number of nitrogens with zero attached hydrogens (tertiary/aromatic N) is 2. The van der Waals surface area contributed by atoms with E-state index in [4.69, 9.17) is 11.6 Å². The van der Waals surface area contributed by atoms with Crippen LogP contribution in [0, 0.1) is 0 Å². The third-order valence-corrected chi connectivity index (χ3v) is 9.30. The summed E-state index contributed by atoms with van der Waals surface area (Å²) < 4.78 is 28.8. The quantitative estimate of drug-likeness (QED) is 0.310. The molecule has 1 fully saturated rings. The Morgan fingerprint density at radius 3 is 2.10 bits per heavy atom. The molecule has 0 saturated heterocycles. The Morgan fingerprint density at radius 1 is 0.900 bits per heavy atom. The number of carbonyl (C=O) groups is 2. The summed E-state index contributed by atoms with van der Waals surface area (Å²) >= 11 is 6.00. The van der Waals surface area contributed by atoms with Crippen LogP contribution in [0.3, 0.4) is 0 Å². The fraction of sp³-hybridized carbons (Fsp3) is 0.355. The number of amides is 2. The summed E-state index contributed by atoms with van der Waals surface area (Å²) in [5, 5.41) is 3.57. The van der Waals surface area contributed by atoms with Crippen molar-refractivity contribution in [3.05, 3.63) is 95.5 Å². The van der Waals surface area contributed by atoms with Crippen LogP contribution in [0.4, 0.5) is 5.69 Å². The van der Waals surface area contributed by atoms with E-state index in [-0.39, 0.29) is 23.4 Å². The lowest BCUT2D eigenvalue weighted by Gasteiger charge is -2.34. The molecule has 1 aliphatic rings. The van der Waals surface area contributed by atoms with Gasteiger partial charge in [-0.05, 0) is 61.2 Å². The number of nitrogens with one attached hydrogen (secondary N) is 1. The molecule has 0 heterocycles. The summed E-state index contributed by atoms with van der Waals surface area (Å²) in [5.41, 5.74) is 1.21. The number of anilines is 1. The molecule has 1 saturated carbocycles. The molecule has 1 N–H and O–H groups in total. The van der Waals surface area contributed by atoms with E-state index in [0.717, 1.165) is 35.6 Å². The van der Waals surface area contributed by atoms with Gasteiger partial charge >= 0.3 is 0 Å². The highest BCUT2D eigenvalue weighted by atomic mass is 35.5. The van der Waals surface area contributed by atoms with E-state index in [9.17, 15) is 18.0 Å². The summed E-state index contributed by atoms with van der Waals surface area (Å²) in [7, 11) is -4.12. The Balaban J connectivity index is 1.67. The Labute approximate surface area is 242 Å². The molecule has 0 spiro atoms. The molecule has 3 aromatic carbocycles. The fourth-order valence-electron chi connectivity index (χ4n) is 5.10. The summed E-state index contributed by atoms with van der Waals surface area (Å²) in [6, 6.07) is 23.2. The second-order valence-corrected chi connectivity index (χ2v) is 12.4. The van der Waals surface area contributed by atoms with Gasteiger partial charge < -0.3 is 10.2 Å². The lowest BCUT2D eigenvalue weighted by molar-refractivity contribution is -0.140. The Kier molecular flexibility index (Phi) is 10.2. The van der Waals surface area contributed by atoms with Gasteiger partial charge in [-0.2, -0.15) is 0 Å². The molecule has 40 heavy (non-hydrogen) atoms. The molecule has 1 aliphatic carbocycles. The predicted molar refractivity (Wildman–Crippen MR) is 159 cm³/mol. The fourth-order valence-corrected chi connectivity index (χ4v) is 6.64. The molecule has 1 atom stereocenters. The Bertz CT molecular complexity index is 1360. The van der Waals surface area contributed by atoms with E-state index in [1.165, 1.54) is 35.6 Å². The van der Waals surface area contributed by atoms with Gasteiger partial charge in [0.25, 0.3) is 10.0 Å². The Morgan fingerprint density at radius 2 is 1.50 bits per heavy atom. The number of carbonyl (C=O) groups excluding carboxylic acids is 2. The van der Waals surface area contributed by atoms with Gasteiger partial charge in [0.2, 0.25) is 11.8 Å². The second-order valence-electron chi connectivity index (χ2n) is 10.1. The van der Waals surface area contributed by atoms with E-state index in [0.29, 0.717) is 17.1 Å². The first kappa shape index (κ1) is 29.6. The van der Waals surface area contributed by atoms with Crippen molar-refractivity contribution in [3.63, 3.8) is 0 Å². The highest BCUT2D eigenvalue weighted by Crippen LogP contribution is 2.26. The van der Waals surface area contributed by atoms with E-state index >= 15 is 0 Å². The number of hydrogen-bond acceptors (Lipinski definition) is 4. The van der Waals surface area contributed by atoms with Crippen molar-refractivity contribution < 1.29 is 18.0 Å². The molecule has 0 bridgehead atoms. The van der Waals surface area contributed by atoms with Crippen LogP contribution < -0.4 is 9.62 Å². The predicted octanol–water partition coefficient (Wildman–Crippen LogP) is 5.79. The zero-order valence-corrected chi connectivity index (χ0v) is 24.3. The maximum atomic E-state index is 14.1. The van der Waals surface area contributed by atoms with Crippen molar-refractivity contribution in [1.82, 2.24) is 10.2 Å². The minimum atomic E-state index is -4.12. The van der Waals surface area contributed by atoms with Crippen molar-refractivity contribution in [1.29, 1.82) is 0 Å². The summed E-state index contributed by atoms with van der Waals surface area (Å²) in [5.74, 6) is -0.665. The molecule has 7 nitrogen and oxygen atoms in total. The van der Waals surface area contributed by atoms with E-state index in [1.807, 2.05) is 37.3 Å². The van der Waals surface area contributed by atoms with Gasteiger partial charge in [0.05, 0.1) is 10.6 Å². The first-order valence-corrected chi connectivity index (χ1v) is 15.6. The first-order valence-electron chi connectivity index (χ1n) is 13.8. The second kappa shape index (κ2) is 13.8. The molecule has 2 amide bonds. The average Bonchev–Trinajstić information content (AvgIpc) is 2.97. The van der Waals surface area contributed by atoms with Gasteiger partial charge in [0.1, 0.15) is 12.6 Å². The van der Waals surface area contributed by atoms with Crippen LogP contribution in [0.15, 0.2) is 89.8 Å². The standard InChI is InChI=1S/C31H36ClN3O4S/c1-2-29(31(37)33-26-14-8-4-9-15-26)34(22-24-12-6-3-7-13-24)30(36)23-35(27-16-10-5-11-17-27)40(38,39)28-20-18-25(32)19-21-28/h3,5-7,10-13,16-21,26,29H,2,4,8-9,14-15,22-23H2,1H3,(H,33,37). The Hall–Kier alpha value is -3.36. The molecule has 4 rings (SSSR count). The van der Waals surface area contributed by atoms with Crippen LogP contribution in [0.2, 0.25) is 5.02 Å². The maximum Gasteiger partial charge on any atom is 0.264 e. The number of sulfonamides is 1. The van der Waals surface area contributed by atoms with Crippen molar-refractivity contribution in [2.24, 2.45) is 0 Å². The number of halogens is 1. The molecule has 9 heteroatoms. The molecule has 0 aliphatic heterocycles. The van der Waals surface area contributed by atoms with Crippen molar-refractivity contribution in [3.8, 4) is 0 Å².